The van der Waals surface area contributed by atoms with E-state index < -0.39 is 0 Å². The second-order valence-electron chi connectivity index (χ2n) is 7.48. The number of nitrogens with zero attached hydrogens (tertiary/aromatic N) is 3. The molecule has 1 aromatic rings. The number of carbonyl (C=O) groups is 2. The molecule has 160 valence electrons. The van der Waals surface area contributed by atoms with Gasteiger partial charge >= 0.3 is 0 Å². The molecular formula is C21H32IN5O2. The third-order valence-corrected chi connectivity index (χ3v) is 5.44. The van der Waals surface area contributed by atoms with E-state index in [1.54, 1.807) is 6.92 Å². The third kappa shape index (κ3) is 6.58. The van der Waals surface area contributed by atoms with Gasteiger partial charge in [0, 0.05) is 51.3 Å². The molecule has 1 aliphatic heterocycles. The topological polar surface area (TPSA) is 77.0 Å². The van der Waals surface area contributed by atoms with Crippen LogP contribution in [-0.2, 0) is 16.1 Å². The zero-order chi connectivity index (χ0) is 19.9. The van der Waals surface area contributed by atoms with Gasteiger partial charge in [0.25, 0.3) is 0 Å². The predicted octanol–water partition coefficient (Wildman–Crippen LogP) is 2.67. The lowest BCUT2D eigenvalue weighted by Gasteiger charge is -2.36. The average molecular weight is 513 g/mol. The smallest absolute Gasteiger partial charge is 0.227 e. The second kappa shape index (κ2) is 11.4. The number of amides is 2. The van der Waals surface area contributed by atoms with Gasteiger partial charge in [0.1, 0.15) is 0 Å². The molecule has 0 unspecified atom stereocenters. The van der Waals surface area contributed by atoms with Crippen molar-refractivity contribution in [2.24, 2.45) is 10.9 Å². The number of guanidine groups is 1. The minimum absolute atomic E-state index is 0. The number of anilines is 1. The Kier molecular flexibility index (Phi) is 9.19. The Bertz CT molecular complexity index is 728. The van der Waals surface area contributed by atoms with Gasteiger partial charge in [-0.15, -0.1) is 24.0 Å². The first kappa shape index (κ1) is 23.4. The highest BCUT2D eigenvalue weighted by Crippen LogP contribution is 2.27. The number of piperazine rings is 1. The Morgan fingerprint density at radius 3 is 2.41 bits per heavy atom. The molecule has 0 radical (unpaired) electrons. The molecule has 0 bridgehead atoms. The van der Waals surface area contributed by atoms with Gasteiger partial charge in [0.2, 0.25) is 11.8 Å². The summed E-state index contributed by atoms with van der Waals surface area (Å²) in [4.78, 5) is 32.5. The van der Waals surface area contributed by atoms with Gasteiger partial charge in [-0.3, -0.25) is 9.59 Å². The lowest BCUT2D eigenvalue weighted by molar-refractivity contribution is -0.130. The van der Waals surface area contributed by atoms with E-state index in [1.165, 1.54) is 0 Å². The fourth-order valence-corrected chi connectivity index (χ4v) is 3.49. The summed E-state index contributed by atoms with van der Waals surface area (Å²) < 4.78 is 0. The van der Waals surface area contributed by atoms with E-state index in [0.717, 1.165) is 69.2 Å². The minimum atomic E-state index is 0. The molecule has 7 nitrogen and oxygen atoms in total. The van der Waals surface area contributed by atoms with Crippen molar-refractivity contribution in [3.05, 3.63) is 29.8 Å². The van der Waals surface area contributed by atoms with Crippen LogP contribution in [0.3, 0.4) is 0 Å². The van der Waals surface area contributed by atoms with Crippen LogP contribution < -0.4 is 10.6 Å². The molecule has 2 aliphatic rings. The van der Waals surface area contributed by atoms with Crippen molar-refractivity contribution in [2.75, 3.05) is 38.0 Å². The first-order valence-corrected chi connectivity index (χ1v) is 10.3. The Hall–Kier alpha value is -1.84. The summed E-state index contributed by atoms with van der Waals surface area (Å²) in [6.07, 6.45) is 3.15. The van der Waals surface area contributed by atoms with Crippen molar-refractivity contribution in [1.82, 2.24) is 15.1 Å². The molecule has 1 heterocycles. The maximum absolute atomic E-state index is 12.2. The first-order chi connectivity index (χ1) is 13.6. The highest BCUT2D eigenvalue weighted by atomic mass is 127. The maximum atomic E-state index is 12.2. The number of halogens is 1. The molecule has 2 N–H and O–H groups in total. The number of benzene rings is 1. The number of nitrogens with one attached hydrogen (secondary N) is 2. The maximum Gasteiger partial charge on any atom is 0.227 e. The lowest BCUT2D eigenvalue weighted by atomic mass is 9.85. The van der Waals surface area contributed by atoms with Crippen LogP contribution in [0.15, 0.2) is 29.3 Å². The van der Waals surface area contributed by atoms with Crippen LogP contribution >= 0.6 is 24.0 Å². The number of carbonyl (C=O) groups excluding carboxylic acids is 2. The molecule has 2 fully saturated rings. The number of hydrogen-bond acceptors (Lipinski definition) is 3. The van der Waals surface area contributed by atoms with Gasteiger partial charge in [-0.05, 0) is 37.5 Å². The Morgan fingerprint density at radius 1 is 1.14 bits per heavy atom. The molecular weight excluding hydrogens is 481 g/mol. The van der Waals surface area contributed by atoms with Crippen LogP contribution in [0.2, 0.25) is 0 Å². The van der Waals surface area contributed by atoms with Crippen molar-refractivity contribution in [3.63, 3.8) is 0 Å². The Morgan fingerprint density at radius 2 is 1.83 bits per heavy atom. The molecule has 0 spiro atoms. The molecule has 2 amide bonds. The molecule has 8 heteroatoms. The monoisotopic (exact) mass is 513 g/mol. The normalized spacial score (nSPS) is 17.2. The van der Waals surface area contributed by atoms with Crippen molar-refractivity contribution in [1.29, 1.82) is 0 Å². The van der Waals surface area contributed by atoms with Gasteiger partial charge in [-0.2, -0.15) is 0 Å². The Balaban J connectivity index is 0.00000300. The van der Waals surface area contributed by atoms with E-state index in [9.17, 15) is 9.59 Å². The molecule has 1 saturated heterocycles. The highest BCUT2D eigenvalue weighted by molar-refractivity contribution is 14.0. The van der Waals surface area contributed by atoms with Gasteiger partial charge in [0.05, 0.1) is 6.54 Å². The van der Waals surface area contributed by atoms with Crippen LogP contribution in [0.25, 0.3) is 0 Å². The summed E-state index contributed by atoms with van der Waals surface area (Å²) in [5.41, 5.74) is 1.90. The van der Waals surface area contributed by atoms with E-state index >= 15 is 0 Å². The van der Waals surface area contributed by atoms with Gasteiger partial charge in [0.15, 0.2) is 5.96 Å². The van der Waals surface area contributed by atoms with Gasteiger partial charge in [-0.25, -0.2) is 4.99 Å². The fourth-order valence-electron chi connectivity index (χ4n) is 3.49. The van der Waals surface area contributed by atoms with Gasteiger partial charge < -0.3 is 20.4 Å². The summed E-state index contributed by atoms with van der Waals surface area (Å²) in [6.45, 7) is 8.02. The van der Waals surface area contributed by atoms with Crippen LogP contribution in [0, 0.1) is 5.92 Å². The number of aliphatic imine (C=N–C) groups is 1. The van der Waals surface area contributed by atoms with Crippen molar-refractivity contribution in [3.8, 4) is 0 Å². The molecule has 1 aromatic carbocycles. The van der Waals surface area contributed by atoms with Crippen LogP contribution in [0.5, 0.6) is 0 Å². The van der Waals surface area contributed by atoms with E-state index in [1.807, 2.05) is 29.2 Å². The summed E-state index contributed by atoms with van der Waals surface area (Å²) in [5.74, 6) is 1.30. The SMILES string of the molecule is CCNC(=NCc1cccc(NC(=O)C2CCC2)c1)N1CCN(C(C)=O)CC1.I. The number of rotatable bonds is 5. The molecule has 1 saturated carbocycles. The zero-order valence-electron chi connectivity index (χ0n) is 17.3. The van der Waals surface area contributed by atoms with E-state index in [4.69, 9.17) is 4.99 Å². The standard InChI is InChI=1S/C21H31N5O2.HI/c1-3-22-21(26-12-10-25(11-13-26)16(2)27)23-15-17-6-4-9-19(14-17)24-20(28)18-7-5-8-18;/h4,6,9,14,18H,3,5,7-8,10-13,15H2,1-2H3,(H,22,23)(H,24,28);1H. The predicted molar refractivity (Wildman–Crippen MR) is 126 cm³/mol. The summed E-state index contributed by atoms with van der Waals surface area (Å²) >= 11 is 0. The lowest BCUT2D eigenvalue weighted by Crippen LogP contribution is -2.53. The van der Waals surface area contributed by atoms with Crippen molar-refractivity contribution in [2.45, 2.75) is 39.7 Å². The molecule has 3 rings (SSSR count). The first-order valence-electron chi connectivity index (χ1n) is 10.3. The summed E-state index contributed by atoms with van der Waals surface area (Å²) in [6, 6.07) is 7.91. The highest BCUT2D eigenvalue weighted by Gasteiger charge is 2.25. The van der Waals surface area contributed by atoms with Crippen LogP contribution in [0.1, 0.15) is 38.7 Å². The molecule has 0 aromatic heterocycles. The van der Waals surface area contributed by atoms with Gasteiger partial charge in [-0.1, -0.05) is 18.6 Å². The summed E-state index contributed by atoms with van der Waals surface area (Å²) in [5, 5.41) is 6.37. The third-order valence-electron chi connectivity index (χ3n) is 5.44. The number of hydrogen-bond donors (Lipinski definition) is 2. The Labute approximate surface area is 190 Å². The summed E-state index contributed by atoms with van der Waals surface area (Å²) in [7, 11) is 0. The van der Waals surface area contributed by atoms with E-state index in [2.05, 4.69) is 22.5 Å². The van der Waals surface area contributed by atoms with Crippen LogP contribution in [-0.4, -0.2) is 60.3 Å². The van der Waals surface area contributed by atoms with Crippen molar-refractivity contribution >= 4 is 47.4 Å². The quantitative estimate of drug-likeness (QED) is 0.361. The molecule has 1 aliphatic carbocycles. The molecule has 29 heavy (non-hydrogen) atoms. The van der Waals surface area contributed by atoms with E-state index in [-0.39, 0.29) is 41.7 Å². The zero-order valence-corrected chi connectivity index (χ0v) is 19.6. The second-order valence-corrected chi connectivity index (χ2v) is 7.48. The fraction of sp³-hybridized carbons (Fsp3) is 0.571. The van der Waals surface area contributed by atoms with Crippen molar-refractivity contribution < 1.29 is 9.59 Å². The average Bonchev–Trinajstić information content (AvgIpc) is 2.64. The molecule has 0 atom stereocenters. The minimum Gasteiger partial charge on any atom is -0.357 e. The van der Waals surface area contributed by atoms with Crippen LogP contribution in [0.4, 0.5) is 5.69 Å². The largest absolute Gasteiger partial charge is 0.357 e. The van der Waals surface area contributed by atoms with E-state index in [0.29, 0.717) is 6.54 Å².